The van der Waals surface area contributed by atoms with Crippen molar-refractivity contribution >= 4 is 27.7 Å². The maximum Gasteiger partial charge on any atom is 0.242 e. The van der Waals surface area contributed by atoms with Gasteiger partial charge in [-0.1, -0.05) is 24.3 Å². The summed E-state index contributed by atoms with van der Waals surface area (Å²) in [7, 11) is 1.93. The molecule has 0 radical (unpaired) electrons. The summed E-state index contributed by atoms with van der Waals surface area (Å²) < 4.78 is 1.97. The van der Waals surface area contributed by atoms with E-state index in [4.69, 9.17) is 0 Å². The Labute approximate surface area is 145 Å². The van der Waals surface area contributed by atoms with Crippen molar-refractivity contribution in [3.8, 4) is 0 Å². The summed E-state index contributed by atoms with van der Waals surface area (Å²) in [6, 6.07) is 15.4. The molecule has 1 saturated heterocycles. The molecule has 1 amide bonds. The number of carbonyl (C=O) groups excluding carboxylic acids is 1. The van der Waals surface area contributed by atoms with Crippen LogP contribution in [0.4, 0.5) is 0 Å². The van der Waals surface area contributed by atoms with E-state index in [1.54, 1.807) is 0 Å². The number of para-hydroxylation sites is 2. The summed E-state index contributed by atoms with van der Waals surface area (Å²) >= 11 is 0. The zero-order valence-corrected chi connectivity index (χ0v) is 14.2. The van der Waals surface area contributed by atoms with Crippen LogP contribution in [0.3, 0.4) is 0 Å². The van der Waals surface area contributed by atoms with Crippen LogP contribution in [-0.4, -0.2) is 41.6 Å². The van der Waals surface area contributed by atoms with Crippen LogP contribution in [0.2, 0.25) is 0 Å². The molecule has 1 aromatic heterocycles. The summed E-state index contributed by atoms with van der Waals surface area (Å²) in [5.74, 6) is 0.0942. The van der Waals surface area contributed by atoms with E-state index in [9.17, 15) is 9.59 Å². The molecule has 5 heteroatoms. The van der Waals surface area contributed by atoms with Crippen molar-refractivity contribution in [1.82, 2.24) is 14.8 Å². The first kappa shape index (κ1) is 15.8. The summed E-state index contributed by atoms with van der Waals surface area (Å²) in [6.07, 6.45) is 0.980. The second kappa shape index (κ2) is 6.33. The molecule has 0 bridgehead atoms. The predicted molar refractivity (Wildman–Crippen MR) is 99.8 cm³/mol. The van der Waals surface area contributed by atoms with Crippen LogP contribution in [0.25, 0.3) is 21.8 Å². The van der Waals surface area contributed by atoms with Crippen LogP contribution >= 0.6 is 0 Å². The fourth-order valence-electron chi connectivity index (χ4n) is 3.70. The van der Waals surface area contributed by atoms with Gasteiger partial charge in [0, 0.05) is 29.9 Å². The van der Waals surface area contributed by atoms with E-state index in [1.165, 1.54) is 0 Å². The Bertz CT molecular complexity index is 949. The van der Waals surface area contributed by atoms with Gasteiger partial charge in [-0.3, -0.25) is 9.59 Å². The van der Waals surface area contributed by atoms with Gasteiger partial charge in [-0.25, -0.2) is 0 Å². The number of hydrogen-bond acceptors (Lipinski definition) is 3. The van der Waals surface area contributed by atoms with Gasteiger partial charge in [-0.05, 0) is 37.7 Å². The topological polar surface area (TPSA) is 54.3 Å². The minimum atomic E-state index is 0.0197. The van der Waals surface area contributed by atoms with E-state index in [0.29, 0.717) is 16.8 Å². The Balaban J connectivity index is 1.81. The maximum atomic E-state index is 12.8. The van der Waals surface area contributed by atoms with E-state index in [1.807, 2.05) is 65.0 Å². The lowest BCUT2D eigenvalue weighted by molar-refractivity contribution is -0.130. The number of likely N-dealkylation sites (tertiary alicyclic amines) is 1. The van der Waals surface area contributed by atoms with Crippen LogP contribution < -0.4 is 10.7 Å². The lowest BCUT2D eigenvalue weighted by Gasteiger charge is -2.20. The fourth-order valence-corrected chi connectivity index (χ4v) is 3.70. The molecule has 5 nitrogen and oxygen atoms in total. The highest BCUT2D eigenvalue weighted by Crippen LogP contribution is 2.20. The number of aromatic nitrogens is 1. The zero-order chi connectivity index (χ0) is 17.4. The Kier molecular flexibility index (Phi) is 4.01. The lowest BCUT2D eigenvalue weighted by atomic mass is 10.1. The molecule has 128 valence electrons. The van der Waals surface area contributed by atoms with Crippen molar-refractivity contribution in [2.45, 2.75) is 19.0 Å². The molecule has 1 aliphatic heterocycles. The van der Waals surface area contributed by atoms with Crippen molar-refractivity contribution in [3.63, 3.8) is 0 Å². The molecule has 1 atom stereocenters. The van der Waals surface area contributed by atoms with Gasteiger partial charge in [0.2, 0.25) is 5.91 Å². The molecule has 25 heavy (non-hydrogen) atoms. The van der Waals surface area contributed by atoms with Crippen molar-refractivity contribution in [1.29, 1.82) is 0 Å². The summed E-state index contributed by atoms with van der Waals surface area (Å²) in [5.41, 5.74) is 1.64. The molecular formula is C20H21N3O2. The second-order valence-corrected chi connectivity index (χ2v) is 6.56. The molecule has 1 N–H and O–H groups in total. The Morgan fingerprint density at radius 2 is 1.68 bits per heavy atom. The fraction of sp³-hybridized carbons (Fsp3) is 0.300. The monoisotopic (exact) mass is 335 g/mol. The number of benzene rings is 2. The Morgan fingerprint density at radius 3 is 2.24 bits per heavy atom. The van der Waals surface area contributed by atoms with Gasteiger partial charge in [-0.2, -0.15) is 0 Å². The molecule has 0 spiro atoms. The van der Waals surface area contributed by atoms with Crippen LogP contribution in [0, 0.1) is 0 Å². The van der Waals surface area contributed by atoms with Gasteiger partial charge in [-0.15, -0.1) is 0 Å². The van der Waals surface area contributed by atoms with Gasteiger partial charge in [0.25, 0.3) is 0 Å². The summed E-state index contributed by atoms with van der Waals surface area (Å²) in [5, 5.41) is 4.55. The number of fused-ring (bicyclic) bond motifs is 2. The summed E-state index contributed by atoms with van der Waals surface area (Å²) in [6.45, 7) is 1.77. The highest BCUT2D eigenvalue weighted by molar-refractivity contribution is 5.94. The van der Waals surface area contributed by atoms with Crippen molar-refractivity contribution < 1.29 is 4.79 Å². The molecule has 0 unspecified atom stereocenters. The van der Waals surface area contributed by atoms with Crippen molar-refractivity contribution in [2.24, 2.45) is 0 Å². The number of nitrogens with one attached hydrogen (secondary N) is 1. The quantitative estimate of drug-likeness (QED) is 0.745. The molecule has 2 aromatic carbocycles. The van der Waals surface area contributed by atoms with Gasteiger partial charge in [0.05, 0.1) is 11.0 Å². The second-order valence-electron chi connectivity index (χ2n) is 6.56. The van der Waals surface area contributed by atoms with Gasteiger partial charge in [0.1, 0.15) is 6.54 Å². The van der Waals surface area contributed by atoms with Gasteiger partial charge < -0.3 is 14.8 Å². The third kappa shape index (κ3) is 2.70. The van der Waals surface area contributed by atoms with E-state index >= 15 is 0 Å². The lowest BCUT2D eigenvalue weighted by Crippen LogP contribution is -2.35. The Hall–Kier alpha value is -2.66. The van der Waals surface area contributed by atoms with Crippen LogP contribution in [0.15, 0.2) is 53.3 Å². The molecular weight excluding hydrogens is 314 g/mol. The van der Waals surface area contributed by atoms with Crippen molar-refractivity contribution in [3.05, 3.63) is 58.8 Å². The normalized spacial score (nSPS) is 17.5. The van der Waals surface area contributed by atoms with E-state index in [0.717, 1.165) is 30.5 Å². The number of likely N-dealkylation sites (N-methyl/N-ethyl adjacent to an activating group) is 1. The molecule has 0 aliphatic carbocycles. The minimum Gasteiger partial charge on any atom is -0.340 e. The van der Waals surface area contributed by atoms with E-state index in [2.05, 4.69) is 5.32 Å². The number of amides is 1. The molecule has 2 heterocycles. The third-order valence-corrected chi connectivity index (χ3v) is 5.12. The standard InChI is InChI=1S/C20H21N3O2/c1-21-14-10-11-22(12-14)19(24)13-23-17-8-4-2-6-15(17)20(25)16-7-3-5-9-18(16)23/h2-9,14,21H,10-13H2,1H3/t14-/m0/s1. The van der Waals surface area contributed by atoms with Gasteiger partial charge in [0.15, 0.2) is 5.43 Å². The Morgan fingerprint density at radius 1 is 1.08 bits per heavy atom. The average molecular weight is 335 g/mol. The molecule has 0 saturated carbocycles. The molecule has 1 fully saturated rings. The van der Waals surface area contributed by atoms with E-state index < -0.39 is 0 Å². The highest BCUT2D eigenvalue weighted by atomic mass is 16.2. The number of nitrogens with zero attached hydrogens (tertiary/aromatic N) is 2. The first-order valence-electron chi connectivity index (χ1n) is 8.64. The highest BCUT2D eigenvalue weighted by Gasteiger charge is 2.25. The van der Waals surface area contributed by atoms with Crippen LogP contribution in [-0.2, 0) is 11.3 Å². The maximum absolute atomic E-state index is 12.8. The number of hydrogen-bond donors (Lipinski definition) is 1. The number of pyridine rings is 1. The molecule has 3 aromatic rings. The van der Waals surface area contributed by atoms with Crippen LogP contribution in [0.1, 0.15) is 6.42 Å². The van der Waals surface area contributed by atoms with E-state index in [-0.39, 0.29) is 17.9 Å². The van der Waals surface area contributed by atoms with Crippen molar-refractivity contribution in [2.75, 3.05) is 20.1 Å². The molecule has 4 rings (SSSR count). The average Bonchev–Trinajstić information content (AvgIpc) is 3.14. The first-order valence-corrected chi connectivity index (χ1v) is 8.64. The number of carbonyl (C=O) groups is 1. The van der Waals surface area contributed by atoms with Gasteiger partial charge >= 0.3 is 0 Å². The summed E-state index contributed by atoms with van der Waals surface area (Å²) in [4.78, 5) is 27.5. The minimum absolute atomic E-state index is 0.0197. The molecule has 1 aliphatic rings. The largest absolute Gasteiger partial charge is 0.340 e. The first-order chi connectivity index (χ1) is 12.2. The number of rotatable bonds is 3. The smallest absolute Gasteiger partial charge is 0.242 e. The predicted octanol–water partition coefficient (Wildman–Crippen LogP) is 1.97. The third-order valence-electron chi connectivity index (χ3n) is 5.12. The van der Waals surface area contributed by atoms with Crippen LogP contribution in [0.5, 0.6) is 0 Å². The SMILES string of the molecule is CN[C@H]1CCN(C(=O)Cn2c3ccccc3c(=O)c3ccccc32)C1. The zero-order valence-electron chi connectivity index (χ0n) is 14.2.